The van der Waals surface area contributed by atoms with Gasteiger partial charge in [-0.05, 0) is 30.9 Å². The van der Waals surface area contributed by atoms with Gasteiger partial charge in [-0.15, -0.1) is 0 Å². The first-order chi connectivity index (χ1) is 9.65. The number of carbonyl (C=O) groups is 2. The van der Waals surface area contributed by atoms with Crippen molar-refractivity contribution in [3.05, 3.63) is 24.3 Å². The second-order valence-corrected chi connectivity index (χ2v) is 5.15. The largest absolute Gasteiger partial charge is 0.478 e. The van der Waals surface area contributed by atoms with Crippen molar-refractivity contribution < 1.29 is 19.4 Å². The highest BCUT2D eigenvalue weighted by molar-refractivity contribution is 5.95. The lowest BCUT2D eigenvalue weighted by Gasteiger charge is -2.33. The van der Waals surface area contributed by atoms with E-state index in [0.29, 0.717) is 23.9 Å². The summed E-state index contributed by atoms with van der Waals surface area (Å²) in [6.45, 7) is 0.666. The molecular formula is C14H16N2O4. The Hall–Kier alpha value is -2.24. The first kappa shape index (κ1) is 12.8. The average Bonchev–Trinajstić information content (AvgIpc) is 3.27. The summed E-state index contributed by atoms with van der Waals surface area (Å²) in [4.78, 5) is 24.8. The van der Waals surface area contributed by atoms with Crippen LogP contribution in [0, 0.1) is 5.92 Å². The number of amides is 2. The number of aliphatic carboxylic acids is 1. The van der Waals surface area contributed by atoms with Crippen LogP contribution >= 0.6 is 0 Å². The molecule has 2 amide bonds. The summed E-state index contributed by atoms with van der Waals surface area (Å²) in [7, 11) is 0. The Morgan fingerprint density at radius 1 is 1.35 bits per heavy atom. The molecule has 1 aromatic carbocycles. The summed E-state index contributed by atoms with van der Waals surface area (Å²) >= 11 is 0. The molecule has 0 bridgehead atoms. The minimum Gasteiger partial charge on any atom is -0.478 e. The lowest BCUT2D eigenvalue weighted by molar-refractivity contribution is -0.144. The number of carbonyl (C=O) groups excluding carboxylic acids is 1. The number of benzene rings is 1. The number of hydrogen-bond donors (Lipinski definition) is 2. The van der Waals surface area contributed by atoms with E-state index in [1.54, 1.807) is 24.3 Å². The molecule has 2 aliphatic rings. The molecule has 6 nitrogen and oxygen atoms in total. The topological polar surface area (TPSA) is 78.9 Å². The van der Waals surface area contributed by atoms with E-state index in [-0.39, 0.29) is 12.6 Å². The maximum Gasteiger partial charge on any atom is 0.346 e. The molecule has 6 heteroatoms. The van der Waals surface area contributed by atoms with Crippen LogP contribution in [0.25, 0.3) is 0 Å². The van der Waals surface area contributed by atoms with Crippen LogP contribution in [0.3, 0.4) is 0 Å². The molecule has 3 rings (SSSR count). The number of para-hydroxylation sites is 2. The number of carboxylic acids is 1. The first-order valence-electron chi connectivity index (χ1n) is 6.69. The highest BCUT2D eigenvalue weighted by Crippen LogP contribution is 2.33. The fourth-order valence-electron chi connectivity index (χ4n) is 2.20. The van der Waals surface area contributed by atoms with Gasteiger partial charge in [-0.1, -0.05) is 12.1 Å². The van der Waals surface area contributed by atoms with E-state index in [1.165, 1.54) is 4.90 Å². The number of fused-ring (bicyclic) bond motifs is 1. The van der Waals surface area contributed by atoms with E-state index in [9.17, 15) is 9.59 Å². The van der Waals surface area contributed by atoms with Crippen LogP contribution in [0.1, 0.15) is 12.8 Å². The molecule has 106 valence electrons. The van der Waals surface area contributed by atoms with E-state index in [4.69, 9.17) is 9.84 Å². The van der Waals surface area contributed by atoms with E-state index in [2.05, 4.69) is 5.32 Å². The predicted octanol–water partition coefficient (Wildman–Crippen LogP) is 1.46. The van der Waals surface area contributed by atoms with Crippen LogP contribution < -0.4 is 15.0 Å². The van der Waals surface area contributed by atoms with Crippen molar-refractivity contribution in [3.63, 3.8) is 0 Å². The van der Waals surface area contributed by atoms with Crippen molar-refractivity contribution in [2.45, 2.75) is 18.9 Å². The monoisotopic (exact) mass is 276 g/mol. The Labute approximate surface area is 116 Å². The predicted molar refractivity (Wildman–Crippen MR) is 72.0 cm³/mol. The Morgan fingerprint density at radius 2 is 2.10 bits per heavy atom. The summed E-state index contributed by atoms with van der Waals surface area (Å²) in [5.41, 5.74) is 0.610. The molecule has 1 saturated carbocycles. The summed E-state index contributed by atoms with van der Waals surface area (Å²) < 4.78 is 5.39. The Balaban J connectivity index is 1.79. The third-order valence-corrected chi connectivity index (χ3v) is 3.53. The summed E-state index contributed by atoms with van der Waals surface area (Å²) in [6.07, 6.45) is 1.27. The number of ether oxygens (including phenoxy) is 1. The van der Waals surface area contributed by atoms with Crippen LogP contribution in [-0.2, 0) is 4.79 Å². The molecule has 1 heterocycles. The summed E-state index contributed by atoms with van der Waals surface area (Å²) in [6, 6.07) is 6.71. The fourth-order valence-corrected chi connectivity index (χ4v) is 2.20. The number of hydrogen-bond acceptors (Lipinski definition) is 3. The van der Waals surface area contributed by atoms with E-state index < -0.39 is 12.1 Å². The first-order valence-corrected chi connectivity index (χ1v) is 6.69. The SMILES string of the molecule is O=C(O)C1CN(C(=O)NCC2CC2)c2ccccc2O1. The minimum absolute atomic E-state index is 0.0167. The Morgan fingerprint density at radius 3 is 2.80 bits per heavy atom. The molecule has 1 fully saturated rings. The van der Waals surface area contributed by atoms with Gasteiger partial charge >= 0.3 is 12.0 Å². The lowest BCUT2D eigenvalue weighted by Crippen LogP contribution is -2.50. The van der Waals surface area contributed by atoms with E-state index in [1.807, 2.05) is 0 Å². The average molecular weight is 276 g/mol. The molecule has 20 heavy (non-hydrogen) atoms. The zero-order chi connectivity index (χ0) is 14.1. The van der Waals surface area contributed by atoms with Crippen LogP contribution in [0.4, 0.5) is 10.5 Å². The number of carboxylic acid groups (broad SMARTS) is 1. The van der Waals surface area contributed by atoms with E-state index >= 15 is 0 Å². The number of anilines is 1. The number of urea groups is 1. The molecule has 1 atom stereocenters. The smallest absolute Gasteiger partial charge is 0.346 e. The van der Waals surface area contributed by atoms with Crippen LogP contribution in [0.5, 0.6) is 5.75 Å². The van der Waals surface area contributed by atoms with Crippen LogP contribution in [-0.4, -0.2) is 36.3 Å². The second-order valence-electron chi connectivity index (χ2n) is 5.15. The third kappa shape index (κ3) is 2.54. The van der Waals surface area contributed by atoms with Crippen LogP contribution in [0.2, 0.25) is 0 Å². The van der Waals surface area contributed by atoms with Gasteiger partial charge in [-0.3, -0.25) is 4.90 Å². The standard InChI is InChI=1S/C14H16N2O4/c17-13(18)12-8-16(14(19)15-7-9-5-6-9)10-3-1-2-4-11(10)20-12/h1-4,9,12H,5-8H2,(H,15,19)(H,17,18). The zero-order valence-corrected chi connectivity index (χ0v) is 10.9. The quantitative estimate of drug-likeness (QED) is 0.876. The van der Waals surface area contributed by atoms with Crippen molar-refractivity contribution >= 4 is 17.7 Å². The van der Waals surface area contributed by atoms with E-state index in [0.717, 1.165) is 12.8 Å². The highest BCUT2D eigenvalue weighted by Gasteiger charge is 2.34. The molecule has 1 unspecified atom stereocenters. The van der Waals surface area contributed by atoms with Gasteiger partial charge in [0.2, 0.25) is 6.10 Å². The van der Waals surface area contributed by atoms with Gasteiger partial charge in [0.05, 0.1) is 12.2 Å². The van der Waals surface area contributed by atoms with Gasteiger partial charge in [0, 0.05) is 6.54 Å². The molecule has 1 aliphatic heterocycles. The summed E-state index contributed by atoms with van der Waals surface area (Å²) in [5.74, 6) is -0.0716. The molecule has 0 radical (unpaired) electrons. The van der Waals surface area contributed by atoms with Crippen molar-refractivity contribution in [2.24, 2.45) is 5.92 Å². The molecule has 0 aromatic heterocycles. The van der Waals surface area contributed by atoms with Gasteiger partial charge in [0.1, 0.15) is 5.75 Å². The summed E-state index contributed by atoms with van der Waals surface area (Å²) in [5, 5.41) is 12.0. The van der Waals surface area contributed by atoms with Gasteiger partial charge in [0.15, 0.2) is 0 Å². The fraction of sp³-hybridized carbons (Fsp3) is 0.429. The Bertz CT molecular complexity index is 542. The van der Waals surface area contributed by atoms with Crippen molar-refractivity contribution in [1.82, 2.24) is 5.32 Å². The number of rotatable bonds is 3. The van der Waals surface area contributed by atoms with Crippen molar-refractivity contribution in [1.29, 1.82) is 0 Å². The maximum absolute atomic E-state index is 12.2. The zero-order valence-electron chi connectivity index (χ0n) is 10.9. The second kappa shape index (κ2) is 5.03. The highest BCUT2D eigenvalue weighted by atomic mass is 16.5. The molecule has 2 N–H and O–H groups in total. The molecule has 1 aromatic rings. The molecule has 0 saturated heterocycles. The normalized spacial score (nSPS) is 20.8. The van der Waals surface area contributed by atoms with Crippen LogP contribution in [0.15, 0.2) is 24.3 Å². The minimum atomic E-state index is -1.07. The van der Waals surface area contributed by atoms with Crippen molar-refractivity contribution in [3.8, 4) is 5.75 Å². The third-order valence-electron chi connectivity index (χ3n) is 3.53. The van der Waals surface area contributed by atoms with Gasteiger partial charge in [-0.25, -0.2) is 9.59 Å². The molecule has 0 spiro atoms. The molecule has 1 aliphatic carbocycles. The van der Waals surface area contributed by atoms with Gasteiger partial charge in [-0.2, -0.15) is 0 Å². The maximum atomic E-state index is 12.2. The number of nitrogens with one attached hydrogen (secondary N) is 1. The van der Waals surface area contributed by atoms with Gasteiger partial charge < -0.3 is 15.2 Å². The lowest BCUT2D eigenvalue weighted by atomic mass is 10.2. The van der Waals surface area contributed by atoms with Gasteiger partial charge in [0.25, 0.3) is 0 Å². The van der Waals surface area contributed by atoms with Crippen molar-refractivity contribution in [2.75, 3.05) is 18.0 Å². The Kier molecular flexibility index (Phi) is 3.22. The molecular weight excluding hydrogens is 260 g/mol. The number of nitrogens with zero attached hydrogens (tertiary/aromatic N) is 1.